The van der Waals surface area contributed by atoms with Gasteiger partial charge in [-0.25, -0.2) is 0 Å². The summed E-state index contributed by atoms with van der Waals surface area (Å²) in [7, 11) is 1.93. The van der Waals surface area contributed by atoms with Gasteiger partial charge in [0.25, 0.3) is 5.91 Å². The molecule has 3 rings (SSSR count). The molecule has 4 nitrogen and oxygen atoms in total. The molecule has 1 aliphatic rings. The van der Waals surface area contributed by atoms with E-state index in [2.05, 4.69) is 5.32 Å². The molecule has 1 amide bonds. The van der Waals surface area contributed by atoms with E-state index < -0.39 is 0 Å². The van der Waals surface area contributed by atoms with E-state index in [1.807, 2.05) is 24.1 Å². The van der Waals surface area contributed by atoms with Crippen molar-refractivity contribution in [2.75, 3.05) is 26.7 Å². The van der Waals surface area contributed by atoms with Gasteiger partial charge in [0.1, 0.15) is 17.1 Å². The number of para-hydroxylation sites is 1. The van der Waals surface area contributed by atoms with Crippen LogP contribution in [0.4, 0.5) is 0 Å². The van der Waals surface area contributed by atoms with Crippen LogP contribution < -0.4 is 10.1 Å². The second-order valence-corrected chi connectivity index (χ2v) is 7.28. The Morgan fingerprint density at radius 2 is 1.88 bits per heavy atom. The van der Waals surface area contributed by atoms with Crippen molar-refractivity contribution in [1.29, 1.82) is 0 Å². The molecule has 2 aromatic carbocycles. The number of hydrogen-bond acceptors (Lipinski definition) is 3. The van der Waals surface area contributed by atoms with Gasteiger partial charge in [-0.1, -0.05) is 41.4 Å². The lowest BCUT2D eigenvalue weighted by Crippen LogP contribution is -2.42. The van der Waals surface area contributed by atoms with Crippen LogP contribution in [0.5, 0.6) is 11.5 Å². The number of carbonyl (C=O) groups is 1. The lowest BCUT2D eigenvalue weighted by atomic mass is 9.97. The fraction of sp³-hybridized carbons (Fsp3) is 0.350. The number of piperidine rings is 1. The van der Waals surface area contributed by atoms with Gasteiger partial charge < -0.3 is 15.0 Å². The lowest BCUT2D eigenvalue weighted by molar-refractivity contribution is 0.0672. The number of carbonyl (C=O) groups excluding carboxylic acids is 1. The van der Waals surface area contributed by atoms with Crippen LogP contribution in [-0.2, 0) is 0 Å². The average molecular weight is 393 g/mol. The van der Waals surface area contributed by atoms with Gasteiger partial charge in [0.05, 0.1) is 10.0 Å². The summed E-state index contributed by atoms with van der Waals surface area (Å²) in [4.78, 5) is 15.0. The predicted octanol–water partition coefficient (Wildman–Crippen LogP) is 4.86. The van der Waals surface area contributed by atoms with Crippen molar-refractivity contribution >= 4 is 29.1 Å². The van der Waals surface area contributed by atoms with Gasteiger partial charge in [0.15, 0.2) is 0 Å². The Balaban J connectivity index is 1.87. The number of benzene rings is 2. The standard InChI is InChI=1S/C20H22Cl2N2O2/c1-23-12-14-6-5-11-24(13-14)20(25)19-16(22)8-4-10-18(19)26-17-9-3-2-7-15(17)21/h2-4,7-10,14,23H,5-6,11-13H2,1H3. The van der Waals surface area contributed by atoms with E-state index in [4.69, 9.17) is 27.9 Å². The van der Waals surface area contributed by atoms with Gasteiger partial charge in [-0.2, -0.15) is 0 Å². The Kier molecular flexibility index (Phi) is 6.41. The minimum absolute atomic E-state index is 0.0987. The van der Waals surface area contributed by atoms with Crippen molar-refractivity contribution in [1.82, 2.24) is 10.2 Å². The minimum Gasteiger partial charge on any atom is -0.455 e. The molecule has 1 N–H and O–H groups in total. The number of hydrogen-bond donors (Lipinski definition) is 1. The first-order valence-electron chi connectivity index (χ1n) is 8.75. The Labute approximate surface area is 164 Å². The van der Waals surface area contributed by atoms with Crippen LogP contribution in [0.25, 0.3) is 0 Å². The zero-order valence-corrected chi connectivity index (χ0v) is 16.2. The summed E-state index contributed by atoms with van der Waals surface area (Å²) in [6.45, 7) is 2.35. The highest BCUT2D eigenvalue weighted by Crippen LogP contribution is 2.35. The smallest absolute Gasteiger partial charge is 0.259 e. The highest BCUT2D eigenvalue weighted by atomic mass is 35.5. The molecule has 0 bridgehead atoms. The molecule has 6 heteroatoms. The maximum atomic E-state index is 13.2. The van der Waals surface area contributed by atoms with E-state index in [-0.39, 0.29) is 5.91 Å². The molecule has 2 aromatic rings. The molecular weight excluding hydrogens is 371 g/mol. The predicted molar refractivity (Wildman–Crippen MR) is 106 cm³/mol. The maximum absolute atomic E-state index is 13.2. The summed E-state index contributed by atoms with van der Waals surface area (Å²) in [5.41, 5.74) is 0.388. The zero-order chi connectivity index (χ0) is 18.5. The quantitative estimate of drug-likeness (QED) is 0.789. The normalized spacial score (nSPS) is 17.2. The van der Waals surface area contributed by atoms with Gasteiger partial charge in [-0.3, -0.25) is 4.79 Å². The van der Waals surface area contributed by atoms with Crippen LogP contribution in [-0.4, -0.2) is 37.5 Å². The van der Waals surface area contributed by atoms with Crippen molar-refractivity contribution in [2.45, 2.75) is 12.8 Å². The fourth-order valence-corrected chi connectivity index (χ4v) is 3.73. The van der Waals surface area contributed by atoms with E-state index >= 15 is 0 Å². The van der Waals surface area contributed by atoms with Crippen molar-refractivity contribution in [3.63, 3.8) is 0 Å². The summed E-state index contributed by atoms with van der Waals surface area (Å²) >= 11 is 12.6. The van der Waals surface area contributed by atoms with Crippen molar-refractivity contribution in [3.8, 4) is 11.5 Å². The fourth-order valence-electron chi connectivity index (χ4n) is 3.31. The largest absolute Gasteiger partial charge is 0.455 e. The molecule has 0 aromatic heterocycles. The van der Waals surface area contributed by atoms with E-state index in [1.165, 1.54) is 0 Å². The molecule has 1 fully saturated rings. The summed E-state index contributed by atoms with van der Waals surface area (Å²) in [5.74, 6) is 1.27. The second kappa shape index (κ2) is 8.76. The maximum Gasteiger partial charge on any atom is 0.259 e. The first-order valence-corrected chi connectivity index (χ1v) is 9.50. The molecule has 0 aliphatic carbocycles. The zero-order valence-electron chi connectivity index (χ0n) is 14.7. The third-order valence-corrected chi connectivity index (χ3v) is 5.17. The average Bonchev–Trinajstić information content (AvgIpc) is 2.64. The van der Waals surface area contributed by atoms with Crippen LogP contribution in [0.3, 0.4) is 0 Å². The summed E-state index contributed by atoms with van der Waals surface area (Å²) in [5, 5.41) is 4.06. The molecule has 0 saturated carbocycles. The van der Waals surface area contributed by atoms with E-state index in [9.17, 15) is 4.79 Å². The van der Waals surface area contributed by atoms with Gasteiger partial charge in [-0.05, 0) is 56.6 Å². The highest BCUT2D eigenvalue weighted by molar-refractivity contribution is 6.34. The van der Waals surface area contributed by atoms with Crippen LogP contribution in [0.15, 0.2) is 42.5 Å². The Morgan fingerprint density at radius 3 is 2.65 bits per heavy atom. The molecule has 0 radical (unpaired) electrons. The van der Waals surface area contributed by atoms with Crippen LogP contribution >= 0.6 is 23.2 Å². The molecule has 1 saturated heterocycles. The lowest BCUT2D eigenvalue weighted by Gasteiger charge is -2.33. The van der Waals surface area contributed by atoms with Crippen LogP contribution in [0, 0.1) is 5.92 Å². The molecule has 26 heavy (non-hydrogen) atoms. The number of nitrogens with one attached hydrogen (secondary N) is 1. The van der Waals surface area contributed by atoms with Gasteiger partial charge in [-0.15, -0.1) is 0 Å². The Morgan fingerprint density at radius 1 is 1.15 bits per heavy atom. The van der Waals surface area contributed by atoms with Crippen molar-refractivity contribution in [2.24, 2.45) is 5.92 Å². The second-order valence-electron chi connectivity index (χ2n) is 6.46. The van der Waals surface area contributed by atoms with Gasteiger partial charge in [0, 0.05) is 13.1 Å². The summed E-state index contributed by atoms with van der Waals surface area (Å²) < 4.78 is 5.93. The third-order valence-electron chi connectivity index (χ3n) is 4.54. The molecule has 1 aliphatic heterocycles. The third kappa shape index (κ3) is 4.32. The summed E-state index contributed by atoms with van der Waals surface area (Å²) in [6, 6.07) is 12.4. The number of likely N-dealkylation sites (tertiary alicyclic amines) is 1. The molecule has 138 valence electrons. The monoisotopic (exact) mass is 392 g/mol. The number of halogens is 2. The van der Waals surface area contributed by atoms with E-state index in [1.54, 1.807) is 30.3 Å². The number of ether oxygens (including phenoxy) is 1. The number of amides is 1. The first kappa shape index (κ1) is 19.0. The topological polar surface area (TPSA) is 41.6 Å². The SMILES string of the molecule is CNCC1CCCN(C(=O)c2c(Cl)cccc2Oc2ccccc2Cl)C1. The number of nitrogens with zero attached hydrogens (tertiary/aromatic N) is 1. The molecular formula is C20H22Cl2N2O2. The van der Waals surface area contributed by atoms with E-state index in [0.717, 1.165) is 32.5 Å². The van der Waals surface area contributed by atoms with Crippen LogP contribution in [0.2, 0.25) is 10.0 Å². The molecule has 1 unspecified atom stereocenters. The molecule has 0 spiro atoms. The van der Waals surface area contributed by atoms with E-state index in [0.29, 0.717) is 33.0 Å². The number of rotatable bonds is 5. The Bertz CT molecular complexity index is 780. The summed E-state index contributed by atoms with van der Waals surface area (Å²) in [6.07, 6.45) is 2.11. The Hall–Kier alpha value is -1.75. The van der Waals surface area contributed by atoms with Crippen LogP contribution in [0.1, 0.15) is 23.2 Å². The highest BCUT2D eigenvalue weighted by Gasteiger charge is 2.28. The van der Waals surface area contributed by atoms with Gasteiger partial charge in [0.2, 0.25) is 0 Å². The van der Waals surface area contributed by atoms with Gasteiger partial charge >= 0.3 is 0 Å². The first-order chi connectivity index (χ1) is 12.6. The minimum atomic E-state index is -0.0987. The molecule has 1 atom stereocenters. The van der Waals surface area contributed by atoms with Crippen molar-refractivity contribution < 1.29 is 9.53 Å². The molecule has 1 heterocycles. The van der Waals surface area contributed by atoms with Crippen molar-refractivity contribution in [3.05, 3.63) is 58.1 Å².